The molecule has 0 atom stereocenters. The van der Waals surface area contributed by atoms with Crippen molar-refractivity contribution >= 4 is 43.5 Å². The third kappa shape index (κ3) is 7.31. The number of furan rings is 1. The highest BCUT2D eigenvalue weighted by Crippen LogP contribution is 2.49. The fraction of sp³-hybridized carbons (Fsp3) is 0. The van der Waals surface area contributed by atoms with Crippen LogP contribution in [0.4, 0.5) is 0 Å². The highest BCUT2D eigenvalue weighted by atomic mass is 16.5. The van der Waals surface area contributed by atoms with Crippen molar-refractivity contribution in [1.82, 2.24) is 0 Å². The number of hydrogen-bond acceptors (Lipinski definition) is 2. The average Bonchev–Trinajstić information content (AvgIpc) is 3.81. The molecule has 0 bridgehead atoms. The van der Waals surface area contributed by atoms with Crippen LogP contribution < -0.4 is 4.74 Å². The third-order valence-corrected chi connectivity index (χ3v) is 13.7. The Morgan fingerprint density at radius 1 is 0.229 bits per heavy atom. The van der Waals surface area contributed by atoms with Gasteiger partial charge in [-0.05, 0) is 155 Å². The number of ether oxygens (including phenoxy) is 1. The quantitative estimate of drug-likeness (QED) is 0.135. The van der Waals surface area contributed by atoms with Crippen molar-refractivity contribution in [3.63, 3.8) is 0 Å². The van der Waals surface area contributed by atoms with Crippen molar-refractivity contribution < 1.29 is 9.15 Å². The maximum absolute atomic E-state index is 6.77. The van der Waals surface area contributed by atoms with Gasteiger partial charge in [0, 0.05) is 16.3 Å². The Labute approximate surface area is 407 Å². The van der Waals surface area contributed by atoms with E-state index in [1.54, 1.807) is 0 Å². The van der Waals surface area contributed by atoms with Crippen LogP contribution in [0, 0.1) is 0 Å². The molecule has 0 spiro atoms. The molecule has 2 nitrogen and oxygen atoms in total. The summed E-state index contributed by atoms with van der Waals surface area (Å²) in [6, 6.07) is 95.6. The fourth-order valence-corrected chi connectivity index (χ4v) is 10.5. The van der Waals surface area contributed by atoms with Gasteiger partial charge in [-0.2, -0.15) is 0 Å². The Morgan fingerprint density at radius 3 is 1.37 bits per heavy atom. The number of rotatable bonds is 9. The zero-order valence-corrected chi connectivity index (χ0v) is 38.2. The van der Waals surface area contributed by atoms with E-state index >= 15 is 0 Å². The normalized spacial score (nSPS) is 11.4. The van der Waals surface area contributed by atoms with Crippen molar-refractivity contribution in [2.45, 2.75) is 0 Å². The molecule has 0 fully saturated rings. The largest absolute Gasteiger partial charge is 0.457 e. The lowest BCUT2D eigenvalue weighted by Gasteiger charge is -2.21. The predicted octanol–water partition coefficient (Wildman–Crippen LogP) is 19.4. The first kappa shape index (κ1) is 41.0. The van der Waals surface area contributed by atoms with E-state index in [9.17, 15) is 0 Å². The Kier molecular flexibility index (Phi) is 10.2. The Morgan fingerprint density at radius 2 is 0.686 bits per heavy atom. The van der Waals surface area contributed by atoms with Gasteiger partial charge < -0.3 is 9.15 Å². The van der Waals surface area contributed by atoms with Crippen LogP contribution in [-0.2, 0) is 0 Å². The lowest BCUT2D eigenvalue weighted by atomic mass is 9.83. The van der Waals surface area contributed by atoms with Gasteiger partial charge in [0.1, 0.15) is 22.7 Å². The summed E-state index contributed by atoms with van der Waals surface area (Å²) in [6.45, 7) is 0. The number of hydrogen-bond donors (Lipinski definition) is 0. The van der Waals surface area contributed by atoms with E-state index in [-0.39, 0.29) is 0 Å². The van der Waals surface area contributed by atoms with E-state index in [0.29, 0.717) is 0 Å². The minimum atomic E-state index is 0.785. The second kappa shape index (κ2) is 17.4. The third-order valence-electron chi connectivity index (χ3n) is 13.7. The van der Waals surface area contributed by atoms with E-state index in [2.05, 4.69) is 224 Å². The van der Waals surface area contributed by atoms with Gasteiger partial charge in [0.2, 0.25) is 0 Å². The smallest absolute Gasteiger partial charge is 0.135 e. The zero-order valence-electron chi connectivity index (χ0n) is 38.2. The maximum atomic E-state index is 6.77. The molecule has 2 heteroatoms. The molecule has 12 aromatic carbocycles. The predicted molar refractivity (Wildman–Crippen MR) is 293 cm³/mol. The molecule has 328 valence electrons. The van der Waals surface area contributed by atoms with E-state index in [0.717, 1.165) is 94.6 Å². The fourth-order valence-electron chi connectivity index (χ4n) is 10.5. The molecule has 0 amide bonds. The summed E-state index contributed by atoms with van der Waals surface area (Å²) in [5, 5.41) is 7.15. The van der Waals surface area contributed by atoms with Gasteiger partial charge in [0.25, 0.3) is 0 Å². The minimum Gasteiger partial charge on any atom is -0.457 e. The maximum Gasteiger partial charge on any atom is 0.135 e. The van der Waals surface area contributed by atoms with Crippen molar-refractivity contribution in [3.8, 4) is 89.4 Å². The molecular formula is C68H44O2. The first-order valence-electron chi connectivity index (χ1n) is 23.9. The van der Waals surface area contributed by atoms with Crippen molar-refractivity contribution in [2.24, 2.45) is 0 Å². The lowest BCUT2D eigenvalue weighted by Crippen LogP contribution is -1.96. The van der Waals surface area contributed by atoms with E-state index in [1.807, 2.05) is 42.5 Å². The molecule has 0 aliphatic heterocycles. The molecule has 0 N–H and O–H groups in total. The topological polar surface area (TPSA) is 22.4 Å². The second-order valence-corrected chi connectivity index (χ2v) is 17.9. The van der Waals surface area contributed by atoms with Crippen LogP contribution in [0.2, 0.25) is 0 Å². The molecule has 0 aliphatic rings. The molecular weight excluding hydrogens is 849 g/mol. The van der Waals surface area contributed by atoms with Gasteiger partial charge >= 0.3 is 0 Å². The second-order valence-electron chi connectivity index (χ2n) is 17.9. The molecule has 0 saturated heterocycles. The van der Waals surface area contributed by atoms with Gasteiger partial charge in [-0.1, -0.05) is 206 Å². The van der Waals surface area contributed by atoms with Gasteiger partial charge in [0.05, 0.1) is 0 Å². The highest BCUT2D eigenvalue weighted by molar-refractivity contribution is 6.21. The monoisotopic (exact) mass is 892 g/mol. The minimum absolute atomic E-state index is 0.785. The van der Waals surface area contributed by atoms with Crippen LogP contribution in [0.15, 0.2) is 271 Å². The van der Waals surface area contributed by atoms with Crippen LogP contribution >= 0.6 is 0 Å². The van der Waals surface area contributed by atoms with E-state index in [1.165, 1.54) is 38.2 Å². The summed E-state index contributed by atoms with van der Waals surface area (Å²) < 4.78 is 13.0. The molecule has 0 radical (unpaired) electrons. The standard InChI is InChI=1S/C68H44O2/c1-4-20-45(21-5-1)66-56-32-10-12-34-58(56)68(59-35-13-11-33-57(59)66)51-27-19-25-48(41-51)52-43-60(50-26-18-24-47(40-50)49-38-39-65-61(42-49)54-30-14-17-37-64(54)70-65)67(46-22-6-2-7-23-46)62(44-52)55-31-15-16-36-63(55)69-53-28-8-3-9-29-53/h1-44H. The molecule has 0 unspecified atom stereocenters. The summed E-state index contributed by atoms with van der Waals surface area (Å²) in [4.78, 5) is 0. The summed E-state index contributed by atoms with van der Waals surface area (Å²) >= 11 is 0. The first-order valence-corrected chi connectivity index (χ1v) is 23.9. The van der Waals surface area contributed by atoms with Crippen LogP contribution in [0.25, 0.3) is 121 Å². The Bertz CT molecular complexity index is 4020. The molecule has 0 saturated carbocycles. The van der Waals surface area contributed by atoms with Crippen molar-refractivity contribution in [2.75, 3.05) is 0 Å². The average molecular weight is 893 g/mol. The lowest BCUT2D eigenvalue weighted by molar-refractivity contribution is 0.484. The van der Waals surface area contributed by atoms with Gasteiger partial charge in [0.15, 0.2) is 0 Å². The van der Waals surface area contributed by atoms with E-state index < -0.39 is 0 Å². The number of fused-ring (bicyclic) bond motifs is 5. The zero-order chi connectivity index (χ0) is 46.4. The molecule has 13 rings (SSSR count). The van der Waals surface area contributed by atoms with Crippen LogP contribution in [0.5, 0.6) is 11.5 Å². The summed E-state index contributed by atoms with van der Waals surface area (Å²) in [5.74, 6) is 1.57. The molecule has 70 heavy (non-hydrogen) atoms. The Balaban J connectivity index is 1.05. The number of para-hydroxylation sites is 3. The summed E-state index contributed by atoms with van der Waals surface area (Å²) in [7, 11) is 0. The summed E-state index contributed by atoms with van der Waals surface area (Å²) in [5.41, 5.74) is 17.7. The molecule has 1 aromatic heterocycles. The molecule has 0 aliphatic carbocycles. The van der Waals surface area contributed by atoms with E-state index in [4.69, 9.17) is 9.15 Å². The van der Waals surface area contributed by atoms with Crippen LogP contribution in [0.1, 0.15) is 0 Å². The van der Waals surface area contributed by atoms with Crippen LogP contribution in [0.3, 0.4) is 0 Å². The van der Waals surface area contributed by atoms with Crippen molar-refractivity contribution in [3.05, 3.63) is 267 Å². The number of benzene rings is 12. The van der Waals surface area contributed by atoms with Gasteiger partial charge in [-0.15, -0.1) is 0 Å². The van der Waals surface area contributed by atoms with Crippen LogP contribution in [-0.4, -0.2) is 0 Å². The molecule has 13 aromatic rings. The van der Waals surface area contributed by atoms with Crippen molar-refractivity contribution in [1.29, 1.82) is 0 Å². The Hall–Kier alpha value is -9.24. The molecule has 1 heterocycles. The summed E-state index contributed by atoms with van der Waals surface area (Å²) in [6.07, 6.45) is 0. The SMILES string of the molecule is c1ccc(Oc2ccccc2-c2cc(-c3cccc(-c4c5ccccc5c(-c5ccccc5)c5ccccc45)c3)cc(-c3cccc(-c4ccc5oc6ccccc6c5c4)c3)c2-c2ccccc2)cc1. The highest BCUT2D eigenvalue weighted by Gasteiger charge is 2.22. The van der Waals surface area contributed by atoms with Gasteiger partial charge in [-0.25, -0.2) is 0 Å². The van der Waals surface area contributed by atoms with Gasteiger partial charge in [-0.3, -0.25) is 0 Å². The first-order chi connectivity index (χ1) is 34.7.